The summed E-state index contributed by atoms with van der Waals surface area (Å²) in [7, 11) is 2.97. The van der Waals surface area contributed by atoms with Crippen molar-refractivity contribution in [2.24, 2.45) is 0 Å². The maximum Gasteiger partial charge on any atom is 0.258 e. The van der Waals surface area contributed by atoms with Crippen molar-refractivity contribution in [2.75, 3.05) is 19.1 Å². The fourth-order valence-electron chi connectivity index (χ4n) is 2.33. The van der Waals surface area contributed by atoms with E-state index in [1.807, 2.05) is 0 Å². The fourth-order valence-corrected chi connectivity index (χ4v) is 2.52. The molecule has 0 saturated carbocycles. The third kappa shape index (κ3) is 2.88. The lowest BCUT2D eigenvalue weighted by Gasteiger charge is -2.18. The molecule has 0 aliphatic rings. The van der Waals surface area contributed by atoms with E-state index in [1.165, 1.54) is 36.4 Å². The summed E-state index contributed by atoms with van der Waals surface area (Å²) in [6, 6.07) is 9.21. The largest absolute Gasteiger partial charge is 0.494 e. The average Bonchev–Trinajstić information content (AvgIpc) is 2.61. The summed E-state index contributed by atoms with van der Waals surface area (Å²) in [6.45, 7) is 0. The highest BCUT2D eigenvalue weighted by atomic mass is 35.5. The molecule has 0 saturated heterocycles. The number of nitrogens with zero attached hydrogens (tertiary/aromatic N) is 3. The second-order valence-corrected chi connectivity index (χ2v) is 5.51. The van der Waals surface area contributed by atoms with Crippen LogP contribution in [-0.2, 0) is 0 Å². The van der Waals surface area contributed by atoms with Gasteiger partial charge in [-0.1, -0.05) is 11.6 Å². The Kier molecular flexibility index (Phi) is 4.31. The standard InChI is InChI=1S/C17H13ClFN3O2/c1-22(11-4-5-14(19)16(8-11)24-2)17(23)10-3-6-15-12(7-10)13(18)9-20-21-15/h3-9H,1-2H3. The number of rotatable bonds is 3. The van der Waals surface area contributed by atoms with Gasteiger partial charge in [-0.15, -0.1) is 0 Å². The second kappa shape index (κ2) is 6.41. The molecular formula is C17H13ClFN3O2. The van der Waals surface area contributed by atoms with E-state index >= 15 is 0 Å². The lowest BCUT2D eigenvalue weighted by molar-refractivity contribution is 0.0993. The first-order chi connectivity index (χ1) is 11.5. The molecule has 24 heavy (non-hydrogen) atoms. The molecule has 3 aromatic rings. The minimum Gasteiger partial charge on any atom is -0.494 e. The Labute approximate surface area is 142 Å². The number of benzene rings is 2. The average molecular weight is 346 g/mol. The molecule has 7 heteroatoms. The van der Waals surface area contributed by atoms with E-state index in [4.69, 9.17) is 16.3 Å². The Balaban J connectivity index is 1.97. The van der Waals surface area contributed by atoms with Gasteiger partial charge in [0.2, 0.25) is 0 Å². The second-order valence-electron chi connectivity index (χ2n) is 5.11. The third-order valence-electron chi connectivity index (χ3n) is 3.66. The number of aromatic nitrogens is 2. The summed E-state index contributed by atoms with van der Waals surface area (Å²) in [5.41, 5.74) is 1.55. The van der Waals surface area contributed by atoms with Crippen LogP contribution in [0.15, 0.2) is 42.6 Å². The van der Waals surface area contributed by atoms with Crippen LogP contribution in [0.5, 0.6) is 5.75 Å². The van der Waals surface area contributed by atoms with Crippen LogP contribution < -0.4 is 9.64 Å². The van der Waals surface area contributed by atoms with Crippen molar-refractivity contribution in [1.29, 1.82) is 0 Å². The predicted octanol–water partition coefficient (Wildman–Crippen LogP) is 3.71. The van der Waals surface area contributed by atoms with Gasteiger partial charge in [-0.25, -0.2) is 4.39 Å². The highest BCUT2D eigenvalue weighted by Crippen LogP contribution is 2.26. The minimum absolute atomic E-state index is 0.0731. The topological polar surface area (TPSA) is 55.3 Å². The molecule has 0 atom stereocenters. The molecule has 1 heterocycles. The maximum atomic E-state index is 13.5. The van der Waals surface area contributed by atoms with Gasteiger partial charge in [0.05, 0.1) is 23.8 Å². The lowest BCUT2D eigenvalue weighted by Crippen LogP contribution is -2.26. The molecule has 1 aromatic heterocycles. The maximum absolute atomic E-state index is 13.5. The summed E-state index contributed by atoms with van der Waals surface area (Å²) in [6.07, 6.45) is 1.42. The SMILES string of the molecule is COc1cc(N(C)C(=O)c2ccc3nncc(Cl)c3c2)ccc1F. The van der Waals surface area contributed by atoms with E-state index in [2.05, 4.69) is 10.2 Å². The zero-order chi connectivity index (χ0) is 17.3. The first-order valence-corrected chi connectivity index (χ1v) is 7.41. The Hall–Kier alpha value is -2.73. The van der Waals surface area contributed by atoms with Crippen LogP contribution in [0, 0.1) is 5.82 Å². The molecular weight excluding hydrogens is 333 g/mol. The fraction of sp³-hybridized carbons (Fsp3) is 0.118. The first-order valence-electron chi connectivity index (χ1n) is 7.04. The normalized spacial score (nSPS) is 10.7. The number of hydrogen-bond donors (Lipinski definition) is 0. The van der Waals surface area contributed by atoms with Crippen LogP contribution in [0.2, 0.25) is 5.02 Å². The predicted molar refractivity (Wildman–Crippen MR) is 90.2 cm³/mol. The minimum atomic E-state index is -0.488. The van der Waals surface area contributed by atoms with Gasteiger partial charge < -0.3 is 9.64 Å². The van der Waals surface area contributed by atoms with Crippen LogP contribution in [0.25, 0.3) is 10.9 Å². The molecule has 0 N–H and O–H groups in total. The quantitative estimate of drug-likeness (QED) is 0.726. The molecule has 1 amide bonds. The number of anilines is 1. The van der Waals surface area contributed by atoms with Crippen molar-refractivity contribution in [1.82, 2.24) is 10.2 Å². The summed E-state index contributed by atoms with van der Waals surface area (Å²) < 4.78 is 18.5. The number of carbonyl (C=O) groups is 1. The van der Waals surface area contributed by atoms with Gasteiger partial charge in [-0.3, -0.25) is 4.79 Å². The van der Waals surface area contributed by atoms with Crippen molar-refractivity contribution >= 4 is 34.1 Å². The number of carbonyl (C=O) groups excluding carboxylic acids is 1. The summed E-state index contributed by atoms with van der Waals surface area (Å²) in [4.78, 5) is 14.1. The van der Waals surface area contributed by atoms with Gasteiger partial charge in [0.25, 0.3) is 5.91 Å². The molecule has 5 nitrogen and oxygen atoms in total. The Morgan fingerprint density at radius 1 is 1.25 bits per heavy atom. The van der Waals surface area contributed by atoms with E-state index in [0.29, 0.717) is 27.2 Å². The van der Waals surface area contributed by atoms with E-state index < -0.39 is 5.82 Å². The number of amides is 1. The van der Waals surface area contributed by atoms with Gasteiger partial charge in [0.15, 0.2) is 11.6 Å². The van der Waals surface area contributed by atoms with Crippen LogP contribution in [0.1, 0.15) is 10.4 Å². The van der Waals surface area contributed by atoms with Crippen molar-refractivity contribution in [3.8, 4) is 5.75 Å². The molecule has 0 spiro atoms. The monoisotopic (exact) mass is 345 g/mol. The number of hydrogen-bond acceptors (Lipinski definition) is 4. The Bertz CT molecular complexity index is 933. The number of methoxy groups -OCH3 is 1. The molecule has 122 valence electrons. The van der Waals surface area contributed by atoms with Gasteiger partial charge in [0, 0.05) is 29.8 Å². The van der Waals surface area contributed by atoms with Crippen molar-refractivity contribution in [2.45, 2.75) is 0 Å². The Morgan fingerprint density at radius 2 is 2.04 bits per heavy atom. The lowest BCUT2D eigenvalue weighted by atomic mass is 10.1. The smallest absolute Gasteiger partial charge is 0.258 e. The van der Waals surface area contributed by atoms with Gasteiger partial charge in [0.1, 0.15) is 0 Å². The molecule has 3 rings (SSSR count). The summed E-state index contributed by atoms with van der Waals surface area (Å²) >= 11 is 6.10. The van der Waals surface area contributed by atoms with Crippen LogP contribution >= 0.6 is 11.6 Å². The molecule has 0 aliphatic heterocycles. The Morgan fingerprint density at radius 3 is 2.79 bits per heavy atom. The van der Waals surface area contributed by atoms with Crippen molar-refractivity contribution < 1.29 is 13.9 Å². The molecule has 0 bridgehead atoms. The van der Waals surface area contributed by atoms with Gasteiger partial charge in [-0.05, 0) is 30.3 Å². The summed E-state index contributed by atoms with van der Waals surface area (Å²) in [5, 5.41) is 8.79. The molecule has 2 aromatic carbocycles. The number of ether oxygens (including phenoxy) is 1. The number of fused-ring (bicyclic) bond motifs is 1. The molecule has 0 fully saturated rings. The molecule has 0 aliphatic carbocycles. The summed E-state index contributed by atoms with van der Waals surface area (Å²) in [5.74, 6) is -0.680. The van der Waals surface area contributed by atoms with Crippen molar-refractivity contribution in [3.63, 3.8) is 0 Å². The number of halogens is 2. The highest BCUT2D eigenvalue weighted by molar-refractivity contribution is 6.35. The zero-order valence-electron chi connectivity index (χ0n) is 13.0. The first kappa shape index (κ1) is 16.1. The van der Waals surface area contributed by atoms with Gasteiger partial charge >= 0.3 is 0 Å². The van der Waals surface area contributed by atoms with Crippen LogP contribution in [0.4, 0.5) is 10.1 Å². The molecule has 0 radical (unpaired) electrons. The van der Waals surface area contributed by atoms with E-state index in [0.717, 1.165) is 0 Å². The molecule has 0 unspecified atom stereocenters. The van der Waals surface area contributed by atoms with Crippen LogP contribution in [-0.4, -0.2) is 30.3 Å². The van der Waals surface area contributed by atoms with E-state index in [1.54, 1.807) is 25.2 Å². The van der Waals surface area contributed by atoms with E-state index in [9.17, 15) is 9.18 Å². The third-order valence-corrected chi connectivity index (χ3v) is 3.97. The van der Waals surface area contributed by atoms with Gasteiger partial charge in [-0.2, -0.15) is 10.2 Å². The zero-order valence-corrected chi connectivity index (χ0v) is 13.7. The van der Waals surface area contributed by atoms with Crippen LogP contribution in [0.3, 0.4) is 0 Å². The highest BCUT2D eigenvalue weighted by Gasteiger charge is 2.16. The van der Waals surface area contributed by atoms with E-state index in [-0.39, 0.29) is 11.7 Å². The van der Waals surface area contributed by atoms with Crippen molar-refractivity contribution in [3.05, 3.63) is 59.0 Å².